The molecule has 0 unspecified atom stereocenters. The second-order valence-electron chi connectivity index (χ2n) is 7.03. The van der Waals surface area contributed by atoms with Crippen molar-refractivity contribution in [2.45, 2.75) is 38.8 Å². The van der Waals surface area contributed by atoms with E-state index in [2.05, 4.69) is 20.1 Å². The van der Waals surface area contributed by atoms with Gasteiger partial charge in [-0.05, 0) is 12.5 Å². The number of carbonyl (C=O) groups is 5. The Morgan fingerprint density at radius 2 is 1.35 bits per heavy atom. The molecule has 10 heteroatoms. The van der Waals surface area contributed by atoms with Gasteiger partial charge >= 0.3 is 11.9 Å². The molecule has 4 N–H and O–H groups in total. The third kappa shape index (κ3) is 7.72. The van der Waals surface area contributed by atoms with Crippen LogP contribution in [-0.4, -0.2) is 49.9 Å². The topological polar surface area (TPSA) is 154 Å². The first-order chi connectivity index (χ1) is 14.6. The Balaban J connectivity index is 2.70. The Bertz CT molecular complexity index is 781. The average molecular weight is 435 g/mol. The van der Waals surface area contributed by atoms with Crippen molar-refractivity contribution < 1.29 is 33.4 Å². The maximum absolute atomic E-state index is 12.3. The Morgan fingerprint density at radius 1 is 0.871 bits per heavy atom. The molecule has 1 rings (SSSR count). The van der Waals surface area contributed by atoms with E-state index >= 15 is 0 Å². The van der Waals surface area contributed by atoms with Crippen molar-refractivity contribution in [2.24, 2.45) is 17.6 Å². The minimum atomic E-state index is -1.46. The third-order valence-electron chi connectivity index (χ3n) is 4.84. The molecule has 0 saturated carbocycles. The zero-order valence-corrected chi connectivity index (χ0v) is 18.0. The third-order valence-corrected chi connectivity index (χ3v) is 4.84. The first kappa shape index (κ1) is 25.6. The molecule has 0 spiro atoms. The zero-order chi connectivity index (χ0) is 23.6. The van der Waals surface area contributed by atoms with Gasteiger partial charge in [0.05, 0.1) is 20.3 Å². The highest BCUT2D eigenvalue weighted by molar-refractivity contribution is 5.97. The Morgan fingerprint density at radius 3 is 1.81 bits per heavy atom. The maximum Gasteiger partial charge on any atom is 0.320 e. The Labute approximate surface area is 180 Å². The number of esters is 2. The van der Waals surface area contributed by atoms with E-state index in [9.17, 15) is 24.0 Å². The van der Waals surface area contributed by atoms with Gasteiger partial charge in [-0.15, -0.1) is 0 Å². The van der Waals surface area contributed by atoms with E-state index in [-0.39, 0.29) is 24.8 Å². The van der Waals surface area contributed by atoms with E-state index in [4.69, 9.17) is 5.73 Å². The number of hydrogen-bond acceptors (Lipinski definition) is 7. The van der Waals surface area contributed by atoms with Crippen LogP contribution >= 0.6 is 0 Å². The second kappa shape index (κ2) is 12.3. The zero-order valence-electron chi connectivity index (χ0n) is 18.0. The summed E-state index contributed by atoms with van der Waals surface area (Å²) in [6.07, 6.45) is -0.342. The van der Waals surface area contributed by atoms with Gasteiger partial charge in [-0.2, -0.15) is 0 Å². The van der Waals surface area contributed by atoms with Crippen LogP contribution in [0.2, 0.25) is 0 Å². The number of hydrogen-bond donors (Lipinski definition) is 3. The van der Waals surface area contributed by atoms with Gasteiger partial charge in [0.1, 0.15) is 6.04 Å². The number of primary amides is 1. The van der Waals surface area contributed by atoms with Crippen molar-refractivity contribution >= 4 is 29.7 Å². The minimum Gasteiger partial charge on any atom is -0.468 e. The molecule has 0 aromatic heterocycles. The van der Waals surface area contributed by atoms with Crippen molar-refractivity contribution in [3.8, 4) is 0 Å². The summed E-state index contributed by atoms with van der Waals surface area (Å²) in [5.74, 6) is -6.26. The molecule has 0 aliphatic rings. The summed E-state index contributed by atoms with van der Waals surface area (Å²) in [4.78, 5) is 60.2. The largest absolute Gasteiger partial charge is 0.468 e. The number of amides is 3. The molecule has 0 heterocycles. The fourth-order valence-corrected chi connectivity index (χ4v) is 3.04. The standard InChI is InChI=1S/C21H29N3O7/c1-12(17(20(28)30-3)21(29)31-4)18(19(22)27)24-16(26)11-10-15(25)23-13(2)14-8-6-5-7-9-14/h5-9,12-13,17-18H,10-11H2,1-4H3,(H2,22,27)(H,23,25)(H,24,26)/t12-,13-,18+/m1/s1. The van der Waals surface area contributed by atoms with Crippen LogP contribution < -0.4 is 16.4 Å². The smallest absolute Gasteiger partial charge is 0.320 e. The average Bonchev–Trinajstić information content (AvgIpc) is 2.75. The van der Waals surface area contributed by atoms with Gasteiger partial charge in [-0.1, -0.05) is 37.3 Å². The van der Waals surface area contributed by atoms with Gasteiger partial charge < -0.3 is 25.8 Å². The van der Waals surface area contributed by atoms with Gasteiger partial charge in [-0.3, -0.25) is 24.0 Å². The fraction of sp³-hybridized carbons (Fsp3) is 0.476. The monoisotopic (exact) mass is 435 g/mol. The maximum atomic E-state index is 12.3. The van der Waals surface area contributed by atoms with Crippen molar-refractivity contribution in [3.63, 3.8) is 0 Å². The van der Waals surface area contributed by atoms with Gasteiger partial charge in [0.15, 0.2) is 5.92 Å². The lowest BCUT2D eigenvalue weighted by molar-refractivity contribution is -0.162. The number of ether oxygens (including phenoxy) is 2. The summed E-state index contributed by atoms with van der Waals surface area (Å²) in [6, 6.07) is 7.73. The molecular weight excluding hydrogens is 406 g/mol. The van der Waals surface area contributed by atoms with E-state index in [1.807, 2.05) is 37.3 Å². The van der Waals surface area contributed by atoms with Crippen LogP contribution in [0.15, 0.2) is 30.3 Å². The van der Waals surface area contributed by atoms with E-state index < -0.39 is 41.6 Å². The molecule has 0 bridgehead atoms. The number of nitrogens with one attached hydrogen (secondary N) is 2. The highest BCUT2D eigenvalue weighted by atomic mass is 16.5. The molecule has 0 aliphatic heterocycles. The molecule has 31 heavy (non-hydrogen) atoms. The summed E-state index contributed by atoms with van der Waals surface area (Å²) in [6.45, 7) is 3.21. The fourth-order valence-electron chi connectivity index (χ4n) is 3.04. The number of nitrogens with two attached hydrogens (primary N) is 1. The van der Waals surface area contributed by atoms with Crippen LogP contribution in [0.25, 0.3) is 0 Å². The van der Waals surface area contributed by atoms with Crippen molar-refractivity contribution in [3.05, 3.63) is 35.9 Å². The van der Waals surface area contributed by atoms with E-state index in [0.29, 0.717) is 0 Å². The lowest BCUT2D eigenvalue weighted by Gasteiger charge is -2.26. The Kier molecular flexibility index (Phi) is 10.2. The predicted molar refractivity (Wildman–Crippen MR) is 110 cm³/mol. The molecule has 1 aromatic carbocycles. The molecule has 1 aromatic rings. The van der Waals surface area contributed by atoms with E-state index in [1.165, 1.54) is 6.92 Å². The SMILES string of the molecule is COC(=O)C(C(=O)OC)[C@@H](C)[C@H](NC(=O)CCC(=O)N[C@H](C)c1ccccc1)C(N)=O. The van der Waals surface area contributed by atoms with Gasteiger partial charge in [-0.25, -0.2) is 0 Å². The van der Waals surface area contributed by atoms with Crippen molar-refractivity contribution in [1.82, 2.24) is 10.6 Å². The predicted octanol–water partition coefficient (Wildman–Crippen LogP) is 0.212. The summed E-state index contributed by atoms with van der Waals surface area (Å²) in [5.41, 5.74) is 6.27. The van der Waals surface area contributed by atoms with Crippen LogP contribution in [0.1, 0.15) is 38.3 Å². The van der Waals surface area contributed by atoms with Gasteiger partial charge in [0.25, 0.3) is 0 Å². The van der Waals surface area contributed by atoms with Gasteiger partial charge in [0.2, 0.25) is 17.7 Å². The van der Waals surface area contributed by atoms with E-state index in [0.717, 1.165) is 19.8 Å². The van der Waals surface area contributed by atoms with Crippen molar-refractivity contribution in [1.29, 1.82) is 0 Å². The molecule has 170 valence electrons. The summed E-state index contributed by atoms with van der Waals surface area (Å²) in [5, 5.41) is 5.17. The van der Waals surface area contributed by atoms with Crippen LogP contribution in [0.4, 0.5) is 0 Å². The van der Waals surface area contributed by atoms with Crippen LogP contribution in [0.5, 0.6) is 0 Å². The first-order valence-electron chi connectivity index (χ1n) is 9.71. The summed E-state index contributed by atoms with van der Waals surface area (Å²) >= 11 is 0. The second-order valence-corrected chi connectivity index (χ2v) is 7.03. The normalized spacial score (nSPS) is 13.5. The highest BCUT2D eigenvalue weighted by Crippen LogP contribution is 2.20. The molecule has 0 saturated heterocycles. The first-order valence-corrected chi connectivity index (χ1v) is 9.71. The molecule has 10 nitrogen and oxygen atoms in total. The number of benzene rings is 1. The summed E-state index contributed by atoms with van der Waals surface area (Å²) in [7, 11) is 2.16. The number of rotatable bonds is 11. The molecule has 0 fully saturated rings. The molecule has 3 amide bonds. The molecule has 3 atom stereocenters. The Hall–Kier alpha value is -3.43. The van der Waals surface area contributed by atoms with Crippen molar-refractivity contribution in [2.75, 3.05) is 14.2 Å². The van der Waals surface area contributed by atoms with Crippen LogP contribution in [0.3, 0.4) is 0 Å². The lowest BCUT2D eigenvalue weighted by atomic mass is 9.86. The van der Waals surface area contributed by atoms with Gasteiger partial charge in [0, 0.05) is 18.8 Å². The molecular formula is C21H29N3O7. The van der Waals surface area contributed by atoms with Crippen LogP contribution in [-0.2, 0) is 33.4 Å². The van der Waals surface area contributed by atoms with E-state index in [1.54, 1.807) is 0 Å². The van der Waals surface area contributed by atoms with Crippen LogP contribution in [0, 0.1) is 11.8 Å². The number of carbonyl (C=O) groups excluding carboxylic acids is 5. The molecule has 0 aliphatic carbocycles. The minimum absolute atomic E-state index is 0.125. The molecule has 0 radical (unpaired) electrons. The quantitative estimate of drug-likeness (QED) is 0.332. The number of methoxy groups -OCH3 is 2. The summed E-state index contributed by atoms with van der Waals surface area (Å²) < 4.78 is 9.17. The lowest BCUT2D eigenvalue weighted by Crippen LogP contribution is -2.53. The highest BCUT2D eigenvalue weighted by Gasteiger charge is 2.41.